The van der Waals surface area contributed by atoms with E-state index < -0.39 is 22.7 Å². The van der Waals surface area contributed by atoms with Gasteiger partial charge in [0.2, 0.25) is 5.76 Å². The van der Waals surface area contributed by atoms with E-state index in [0.29, 0.717) is 11.0 Å². The number of hydrogen-bond donors (Lipinski definition) is 1. The highest BCUT2D eigenvalue weighted by atomic mass is 35.5. The molecule has 0 aliphatic carbocycles. The maximum atomic E-state index is 12.7. The molecule has 0 fully saturated rings. The predicted molar refractivity (Wildman–Crippen MR) is 85.3 cm³/mol. The molecule has 3 aromatic rings. The van der Waals surface area contributed by atoms with Gasteiger partial charge in [0.1, 0.15) is 11.7 Å². The quantitative estimate of drug-likeness (QED) is 0.677. The Morgan fingerprint density at radius 1 is 1.16 bits per heavy atom. The van der Waals surface area contributed by atoms with Crippen molar-refractivity contribution in [1.29, 1.82) is 5.26 Å². The van der Waals surface area contributed by atoms with Crippen molar-refractivity contribution in [2.45, 2.75) is 6.18 Å². The summed E-state index contributed by atoms with van der Waals surface area (Å²) in [6.45, 7) is 0. The van der Waals surface area contributed by atoms with E-state index in [9.17, 15) is 18.0 Å². The van der Waals surface area contributed by atoms with Crippen molar-refractivity contribution in [1.82, 2.24) is 0 Å². The second-order valence-electron chi connectivity index (χ2n) is 5.12. The Labute approximate surface area is 144 Å². The van der Waals surface area contributed by atoms with Crippen LogP contribution in [0.5, 0.6) is 0 Å². The molecule has 0 unspecified atom stereocenters. The molecule has 0 aliphatic rings. The average molecular weight is 365 g/mol. The maximum Gasteiger partial charge on any atom is 0.417 e. The van der Waals surface area contributed by atoms with Crippen molar-refractivity contribution in [3.63, 3.8) is 0 Å². The highest BCUT2D eigenvalue weighted by Gasteiger charge is 2.33. The summed E-state index contributed by atoms with van der Waals surface area (Å²) in [5, 5.41) is 11.4. The molecule has 0 saturated carbocycles. The molecule has 4 nitrogen and oxygen atoms in total. The van der Waals surface area contributed by atoms with Crippen LogP contribution >= 0.6 is 11.6 Å². The first-order valence-corrected chi connectivity index (χ1v) is 7.27. The van der Waals surface area contributed by atoms with Crippen LogP contribution in [0.3, 0.4) is 0 Å². The van der Waals surface area contributed by atoms with Crippen LogP contribution in [-0.2, 0) is 6.18 Å². The number of alkyl halides is 3. The fourth-order valence-corrected chi connectivity index (χ4v) is 2.54. The summed E-state index contributed by atoms with van der Waals surface area (Å²) in [6, 6.07) is 10.9. The third-order valence-corrected chi connectivity index (χ3v) is 3.74. The summed E-state index contributed by atoms with van der Waals surface area (Å²) in [5.74, 6) is -0.435. The van der Waals surface area contributed by atoms with Crippen LogP contribution in [0.25, 0.3) is 11.0 Å². The second kappa shape index (κ2) is 6.15. The minimum Gasteiger partial charge on any atom is -0.446 e. The minimum absolute atomic E-state index is 0.113. The first-order valence-electron chi connectivity index (χ1n) is 6.90. The third kappa shape index (κ3) is 3.44. The molecule has 25 heavy (non-hydrogen) atoms. The summed E-state index contributed by atoms with van der Waals surface area (Å²) in [4.78, 5) is 12.2. The van der Waals surface area contributed by atoms with E-state index in [0.717, 1.165) is 18.2 Å². The number of amides is 1. The van der Waals surface area contributed by atoms with Gasteiger partial charge in [-0.15, -0.1) is 0 Å². The number of carbonyl (C=O) groups excluding carboxylic acids is 1. The Morgan fingerprint density at radius 3 is 2.56 bits per heavy atom. The van der Waals surface area contributed by atoms with Crippen LogP contribution in [0, 0.1) is 11.3 Å². The molecule has 3 rings (SSSR count). The molecule has 0 atom stereocenters. The Hall–Kier alpha value is -2.98. The van der Waals surface area contributed by atoms with Crippen molar-refractivity contribution in [2.75, 3.05) is 5.32 Å². The van der Waals surface area contributed by atoms with Gasteiger partial charge in [0.15, 0.2) is 0 Å². The number of anilines is 1. The standard InChI is InChI=1S/C17H8ClF3N2O2/c18-14-7-11(3-4-13(14)17(19,20)21)23-16(24)10-2-1-9-5-12(8-22)25-15(9)6-10/h1-7H,(H,23,24). The summed E-state index contributed by atoms with van der Waals surface area (Å²) in [7, 11) is 0. The molecule has 0 radical (unpaired) electrons. The van der Waals surface area contributed by atoms with Gasteiger partial charge in [0, 0.05) is 22.7 Å². The van der Waals surface area contributed by atoms with E-state index in [2.05, 4.69) is 5.32 Å². The zero-order chi connectivity index (χ0) is 18.2. The lowest BCUT2D eigenvalue weighted by atomic mass is 10.1. The normalized spacial score (nSPS) is 11.3. The van der Waals surface area contributed by atoms with E-state index in [1.54, 1.807) is 6.07 Å². The van der Waals surface area contributed by atoms with Gasteiger partial charge < -0.3 is 9.73 Å². The number of hydrogen-bond acceptors (Lipinski definition) is 3. The topological polar surface area (TPSA) is 66.0 Å². The smallest absolute Gasteiger partial charge is 0.417 e. The van der Waals surface area contributed by atoms with Gasteiger partial charge in [0.25, 0.3) is 5.91 Å². The van der Waals surface area contributed by atoms with E-state index in [1.165, 1.54) is 18.2 Å². The number of furan rings is 1. The van der Waals surface area contributed by atoms with Crippen molar-refractivity contribution in [3.8, 4) is 6.07 Å². The van der Waals surface area contributed by atoms with Crippen molar-refractivity contribution in [3.05, 3.63) is 64.4 Å². The number of rotatable bonds is 2. The van der Waals surface area contributed by atoms with E-state index in [1.807, 2.05) is 6.07 Å². The predicted octanol–water partition coefficient (Wildman–Crippen LogP) is 5.23. The van der Waals surface area contributed by atoms with Gasteiger partial charge in [0.05, 0.1) is 10.6 Å². The fourth-order valence-electron chi connectivity index (χ4n) is 2.25. The average Bonchev–Trinajstić information content (AvgIpc) is 2.95. The van der Waals surface area contributed by atoms with Gasteiger partial charge in [-0.25, -0.2) is 0 Å². The van der Waals surface area contributed by atoms with Crippen LogP contribution in [0.4, 0.5) is 18.9 Å². The van der Waals surface area contributed by atoms with Crippen LogP contribution in [0.15, 0.2) is 46.9 Å². The molecular weight excluding hydrogens is 357 g/mol. The van der Waals surface area contributed by atoms with Crippen LogP contribution < -0.4 is 5.32 Å². The molecule has 2 aromatic carbocycles. The van der Waals surface area contributed by atoms with Crippen molar-refractivity contribution >= 4 is 34.2 Å². The summed E-state index contributed by atoms with van der Waals surface area (Å²) in [6.07, 6.45) is -4.57. The second-order valence-corrected chi connectivity index (χ2v) is 5.53. The maximum absolute atomic E-state index is 12.7. The number of nitrogens with zero attached hydrogens (tertiary/aromatic N) is 1. The first-order chi connectivity index (χ1) is 11.8. The van der Waals surface area contributed by atoms with E-state index in [4.69, 9.17) is 21.3 Å². The van der Waals surface area contributed by atoms with Crippen LogP contribution in [0.2, 0.25) is 5.02 Å². The molecule has 0 aliphatic heterocycles. The van der Waals surface area contributed by atoms with Crippen LogP contribution in [0.1, 0.15) is 21.7 Å². The molecule has 1 aromatic heterocycles. The number of fused-ring (bicyclic) bond motifs is 1. The zero-order valence-corrected chi connectivity index (χ0v) is 13.1. The Bertz CT molecular complexity index is 1020. The zero-order valence-electron chi connectivity index (χ0n) is 12.3. The van der Waals surface area contributed by atoms with Gasteiger partial charge in [-0.2, -0.15) is 18.4 Å². The summed E-state index contributed by atoms with van der Waals surface area (Å²) in [5.41, 5.74) is -0.273. The molecule has 0 saturated heterocycles. The Kier molecular flexibility index (Phi) is 4.15. The number of benzene rings is 2. The largest absolute Gasteiger partial charge is 0.446 e. The van der Waals surface area contributed by atoms with Crippen molar-refractivity contribution < 1.29 is 22.4 Å². The molecule has 1 N–H and O–H groups in total. The monoisotopic (exact) mass is 364 g/mol. The van der Waals surface area contributed by atoms with E-state index in [-0.39, 0.29) is 17.0 Å². The molecule has 8 heteroatoms. The van der Waals surface area contributed by atoms with Crippen LogP contribution in [-0.4, -0.2) is 5.91 Å². The van der Waals surface area contributed by atoms with Crippen molar-refractivity contribution in [2.24, 2.45) is 0 Å². The lowest BCUT2D eigenvalue weighted by molar-refractivity contribution is -0.137. The molecule has 0 spiro atoms. The number of carbonyl (C=O) groups is 1. The lowest BCUT2D eigenvalue weighted by Crippen LogP contribution is -2.12. The first kappa shape index (κ1) is 16.9. The SMILES string of the molecule is N#Cc1cc2ccc(C(=O)Nc3ccc(C(F)(F)F)c(Cl)c3)cc2o1. The molecule has 0 bridgehead atoms. The third-order valence-electron chi connectivity index (χ3n) is 3.42. The van der Waals surface area contributed by atoms with Gasteiger partial charge >= 0.3 is 6.18 Å². The van der Waals surface area contributed by atoms with Gasteiger partial charge in [-0.1, -0.05) is 17.7 Å². The number of nitrogens with one attached hydrogen (secondary N) is 1. The van der Waals surface area contributed by atoms with Gasteiger partial charge in [-0.3, -0.25) is 4.79 Å². The molecule has 1 heterocycles. The molecule has 126 valence electrons. The lowest BCUT2D eigenvalue weighted by Gasteiger charge is -2.11. The number of halogens is 4. The minimum atomic E-state index is -4.57. The highest BCUT2D eigenvalue weighted by Crippen LogP contribution is 2.36. The molecule has 1 amide bonds. The van der Waals surface area contributed by atoms with Gasteiger partial charge in [-0.05, 0) is 30.3 Å². The fraction of sp³-hybridized carbons (Fsp3) is 0.0588. The summed E-state index contributed by atoms with van der Waals surface area (Å²) >= 11 is 5.62. The number of nitriles is 1. The Morgan fingerprint density at radius 2 is 1.92 bits per heavy atom. The summed E-state index contributed by atoms with van der Waals surface area (Å²) < 4.78 is 43.3. The molecular formula is C17H8ClF3N2O2. The highest BCUT2D eigenvalue weighted by molar-refractivity contribution is 6.31. The Balaban J connectivity index is 1.85. The van der Waals surface area contributed by atoms with E-state index >= 15 is 0 Å².